The van der Waals surface area contributed by atoms with E-state index in [9.17, 15) is 14.4 Å². The molecule has 0 rings (SSSR count). The summed E-state index contributed by atoms with van der Waals surface area (Å²) in [6.07, 6.45) is 83.4. The van der Waals surface area contributed by atoms with Crippen LogP contribution in [-0.4, -0.2) is 37.2 Å². The van der Waals surface area contributed by atoms with Gasteiger partial charge in [-0.15, -0.1) is 0 Å². The van der Waals surface area contributed by atoms with E-state index in [1.54, 1.807) is 0 Å². The molecule has 0 aromatic carbocycles. The van der Waals surface area contributed by atoms with Crippen LogP contribution in [0.4, 0.5) is 0 Å². The molecule has 6 heteroatoms. The van der Waals surface area contributed by atoms with Gasteiger partial charge >= 0.3 is 17.9 Å². The van der Waals surface area contributed by atoms with Crippen molar-refractivity contribution in [1.82, 2.24) is 0 Å². The second-order valence-electron chi connectivity index (χ2n) is 23.8. The minimum atomic E-state index is -0.780. The van der Waals surface area contributed by atoms with Gasteiger partial charge in [-0.3, -0.25) is 14.4 Å². The number of ether oxygens (including phenoxy) is 3. The molecule has 0 aliphatic rings. The van der Waals surface area contributed by atoms with Crippen LogP contribution in [0, 0.1) is 0 Å². The lowest BCUT2D eigenvalue weighted by Crippen LogP contribution is -2.30. The third-order valence-corrected chi connectivity index (χ3v) is 15.8. The van der Waals surface area contributed by atoms with Crippen LogP contribution in [0.5, 0.6) is 0 Å². The monoisotopic (exact) mass is 1100 g/mol. The molecule has 0 aliphatic heterocycles. The Balaban J connectivity index is 4.06. The Labute approximate surface area is 486 Å². The molecule has 0 N–H and O–H groups in total. The zero-order valence-corrected chi connectivity index (χ0v) is 52.7. The molecule has 0 spiro atoms. The van der Waals surface area contributed by atoms with E-state index in [4.69, 9.17) is 14.2 Å². The fourth-order valence-electron chi connectivity index (χ4n) is 10.6. The summed E-state index contributed by atoms with van der Waals surface area (Å²) >= 11 is 0. The molecule has 78 heavy (non-hydrogen) atoms. The van der Waals surface area contributed by atoms with E-state index in [0.29, 0.717) is 19.3 Å². The second-order valence-corrected chi connectivity index (χ2v) is 23.8. The first-order valence-electron chi connectivity index (χ1n) is 35.0. The molecule has 0 aromatic rings. The van der Waals surface area contributed by atoms with Crippen LogP contribution in [0.25, 0.3) is 0 Å². The van der Waals surface area contributed by atoms with E-state index in [2.05, 4.69) is 57.2 Å². The highest BCUT2D eigenvalue weighted by Crippen LogP contribution is 2.19. The van der Waals surface area contributed by atoms with Gasteiger partial charge in [0.05, 0.1) is 0 Å². The summed E-state index contributed by atoms with van der Waals surface area (Å²) in [5.41, 5.74) is 0. The SMILES string of the molecule is CCC/C=C\C/C=C\CCCCCCCC(=O)OCC(COC(=O)CCCCCCCCCCCCCCCCCCCCCCCCCCCCCCCCCCC)OC(=O)CCCCCCC/C=C\CCCCCCC. The van der Waals surface area contributed by atoms with Crippen LogP contribution in [0.1, 0.15) is 387 Å². The zero-order chi connectivity index (χ0) is 56.4. The third-order valence-electron chi connectivity index (χ3n) is 15.8. The summed E-state index contributed by atoms with van der Waals surface area (Å²) in [7, 11) is 0. The molecule has 0 heterocycles. The Morgan fingerprint density at radius 2 is 0.487 bits per heavy atom. The van der Waals surface area contributed by atoms with Crippen molar-refractivity contribution in [2.24, 2.45) is 0 Å². The summed E-state index contributed by atoms with van der Waals surface area (Å²) in [5, 5.41) is 0. The third kappa shape index (κ3) is 64.5. The minimum Gasteiger partial charge on any atom is -0.462 e. The normalized spacial score (nSPS) is 12.2. The minimum absolute atomic E-state index is 0.0762. The molecule has 0 amide bonds. The van der Waals surface area contributed by atoms with Crippen LogP contribution in [0.3, 0.4) is 0 Å². The maximum atomic E-state index is 12.9. The largest absolute Gasteiger partial charge is 0.462 e. The maximum Gasteiger partial charge on any atom is 0.306 e. The summed E-state index contributed by atoms with van der Waals surface area (Å²) in [6.45, 7) is 6.61. The predicted octanol–water partition coefficient (Wildman–Crippen LogP) is 23.9. The average molecular weight is 1100 g/mol. The fourth-order valence-corrected chi connectivity index (χ4v) is 10.6. The molecule has 6 nitrogen and oxygen atoms in total. The Morgan fingerprint density at radius 3 is 0.769 bits per heavy atom. The lowest BCUT2D eigenvalue weighted by molar-refractivity contribution is -0.167. The van der Waals surface area contributed by atoms with E-state index in [1.165, 1.54) is 257 Å². The highest BCUT2D eigenvalue weighted by Gasteiger charge is 2.19. The van der Waals surface area contributed by atoms with Crippen LogP contribution in [0.15, 0.2) is 36.5 Å². The summed E-state index contributed by atoms with van der Waals surface area (Å²) in [6, 6.07) is 0. The van der Waals surface area contributed by atoms with Crippen molar-refractivity contribution in [3.05, 3.63) is 36.5 Å². The van der Waals surface area contributed by atoms with Crippen molar-refractivity contribution in [2.45, 2.75) is 393 Å². The lowest BCUT2D eigenvalue weighted by Gasteiger charge is -2.18. The van der Waals surface area contributed by atoms with Crippen molar-refractivity contribution in [1.29, 1.82) is 0 Å². The lowest BCUT2D eigenvalue weighted by atomic mass is 10.0. The number of esters is 3. The van der Waals surface area contributed by atoms with Gasteiger partial charge in [-0.1, -0.05) is 333 Å². The molecule has 0 radical (unpaired) electrons. The molecule has 0 fully saturated rings. The van der Waals surface area contributed by atoms with Gasteiger partial charge < -0.3 is 14.2 Å². The molecule has 0 aliphatic carbocycles. The van der Waals surface area contributed by atoms with Gasteiger partial charge in [0.1, 0.15) is 13.2 Å². The van der Waals surface area contributed by atoms with Gasteiger partial charge in [0.25, 0.3) is 0 Å². The van der Waals surface area contributed by atoms with Crippen molar-refractivity contribution >= 4 is 17.9 Å². The van der Waals surface area contributed by atoms with Crippen LogP contribution in [-0.2, 0) is 28.6 Å². The quantitative estimate of drug-likeness (QED) is 0.0261. The molecular weight excluding hydrogens is 961 g/mol. The maximum absolute atomic E-state index is 12.9. The van der Waals surface area contributed by atoms with Crippen molar-refractivity contribution in [3.63, 3.8) is 0 Å². The Hall–Kier alpha value is -2.37. The van der Waals surface area contributed by atoms with Crippen molar-refractivity contribution < 1.29 is 28.6 Å². The van der Waals surface area contributed by atoms with Crippen LogP contribution < -0.4 is 0 Å². The van der Waals surface area contributed by atoms with Gasteiger partial charge in [0, 0.05) is 19.3 Å². The number of rotatable bonds is 65. The van der Waals surface area contributed by atoms with Crippen LogP contribution in [0.2, 0.25) is 0 Å². The second kappa shape index (κ2) is 67.1. The Bertz CT molecular complexity index is 1300. The highest BCUT2D eigenvalue weighted by atomic mass is 16.6. The number of carbonyl (C=O) groups is 3. The molecule has 458 valence electrons. The molecular formula is C72H134O6. The topological polar surface area (TPSA) is 78.9 Å². The number of hydrogen-bond donors (Lipinski definition) is 0. The molecule has 0 saturated carbocycles. The number of hydrogen-bond acceptors (Lipinski definition) is 6. The molecule has 0 aromatic heterocycles. The van der Waals surface area contributed by atoms with Gasteiger partial charge in [0.15, 0.2) is 6.10 Å². The number of allylic oxidation sites excluding steroid dienone is 6. The fraction of sp³-hybridized carbons (Fsp3) is 0.875. The van der Waals surface area contributed by atoms with E-state index in [-0.39, 0.29) is 31.1 Å². The molecule has 1 unspecified atom stereocenters. The van der Waals surface area contributed by atoms with E-state index >= 15 is 0 Å². The van der Waals surface area contributed by atoms with Gasteiger partial charge in [0.2, 0.25) is 0 Å². The number of carbonyl (C=O) groups excluding carboxylic acids is 3. The summed E-state index contributed by atoms with van der Waals surface area (Å²) in [5.74, 6) is -0.878. The number of unbranched alkanes of at least 4 members (excludes halogenated alkanes) is 48. The molecule has 0 bridgehead atoms. The first kappa shape index (κ1) is 75.6. The van der Waals surface area contributed by atoms with Gasteiger partial charge in [-0.05, 0) is 70.6 Å². The van der Waals surface area contributed by atoms with Gasteiger partial charge in [-0.2, -0.15) is 0 Å². The van der Waals surface area contributed by atoms with E-state index in [0.717, 1.165) is 89.9 Å². The Morgan fingerprint density at radius 1 is 0.256 bits per heavy atom. The van der Waals surface area contributed by atoms with E-state index < -0.39 is 6.10 Å². The van der Waals surface area contributed by atoms with Gasteiger partial charge in [-0.25, -0.2) is 0 Å². The van der Waals surface area contributed by atoms with E-state index in [1.807, 2.05) is 0 Å². The standard InChI is InChI=1S/C72H134O6/c1-4-7-10-13-16-19-22-25-27-28-29-30-31-32-33-34-35-36-37-38-39-40-41-42-43-44-45-48-50-53-56-59-62-65-71(74)77-68-69(67-76-70(73)64-61-58-55-52-49-46-24-21-18-15-12-9-6-3)78-72(75)66-63-60-57-54-51-47-26-23-20-17-14-11-8-5-2/h12,15,21,23-24,26,69H,4-11,13-14,16-20,22,25,27-68H2,1-3H3/b15-12-,24-21-,26-23-. The smallest absolute Gasteiger partial charge is 0.306 e. The molecule has 0 saturated heterocycles. The zero-order valence-electron chi connectivity index (χ0n) is 52.7. The molecule has 1 atom stereocenters. The predicted molar refractivity (Wildman–Crippen MR) is 339 cm³/mol. The van der Waals surface area contributed by atoms with Crippen molar-refractivity contribution in [2.75, 3.05) is 13.2 Å². The first-order chi connectivity index (χ1) is 38.5. The summed E-state index contributed by atoms with van der Waals surface area (Å²) < 4.78 is 16.9. The van der Waals surface area contributed by atoms with Crippen LogP contribution >= 0.6 is 0 Å². The highest BCUT2D eigenvalue weighted by molar-refractivity contribution is 5.71. The van der Waals surface area contributed by atoms with Crippen molar-refractivity contribution in [3.8, 4) is 0 Å². The summed E-state index contributed by atoms with van der Waals surface area (Å²) in [4.78, 5) is 38.3. The Kier molecular flexibility index (Phi) is 65.1. The average Bonchev–Trinajstić information content (AvgIpc) is 3.44. The first-order valence-corrected chi connectivity index (χ1v) is 35.0.